The van der Waals surface area contributed by atoms with Crippen LogP contribution in [-0.2, 0) is 14.3 Å². The number of fused-ring (bicyclic) bond motifs is 2. The highest BCUT2D eigenvalue weighted by Gasteiger charge is 2.46. The van der Waals surface area contributed by atoms with Crippen molar-refractivity contribution in [2.45, 2.75) is 31.6 Å². The van der Waals surface area contributed by atoms with Gasteiger partial charge in [-0.05, 0) is 36.2 Å². The van der Waals surface area contributed by atoms with E-state index in [0.717, 1.165) is 5.39 Å². The first-order valence-electron chi connectivity index (χ1n) is 13.2. The molecule has 2 aliphatic rings. The van der Waals surface area contributed by atoms with Crippen molar-refractivity contribution in [1.29, 1.82) is 0 Å². The summed E-state index contributed by atoms with van der Waals surface area (Å²) in [5.41, 5.74) is 7.66. The Labute approximate surface area is 243 Å². The van der Waals surface area contributed by atoms with Crippen LogP contribution in [0.15, 0.2) is 48.7 Å². The maximum atomic E-state index is 14.2. The molecule has 12 nitrogen and oxygen atoms in total. The number of likely N-dealkylation sites (tertiary alicyclic amines) is 1. The lowest BCUT2D eigenvalue weighted by atomic mass is 9.90. The van der Waals surface area contributed by atoms with Crippen LogP contribution >= 0.6 is 0 Å². The number of nitrogens with two attached hydrogens (primary N) is 1. The number of alkyl halides is 3. The number of hydrogen-bond donors (Lipinski definition) is 3. The number of nitrogens with zero attached hydrogens (tertiary/aromatic N) is 5. The highest BCUT2D eigenvalue weighted by atomic mass is 19.4. The molecule has 4 N–H and O–H groups in total. The Hall–Kier alpha value is -4.34. The topological polar surface area (TPSA) is 165 Å². The maximum Gasteiger partial charge on any atom is 0.408 e. The average molecular weight is 605 g/mol. The lowest BCUT2D eigenvalue weighted by Gasteiger charge is -2.37. The fraction of sp³-hybridized carbons (Fsp3) is 0.393. The van der Waals surface area contributed by atoms with Crippen molar-refractivity contribution in [2.24, 2.45) is 11.1 Å². The Kier molecular flexibility index (Phi) is 9.78. The molecule has 0 radical (unpaired) electrons. The van der Waals surface area contributed by atoms with Gasteiger partial charge < -0.3 is 25.4 Å². The predicted octanol–water partition coefficient (Wildman–Crippen LogP) is 3.40. The van der Waals surface area contributed by atoms with E-state index < -0.39 is 12.2 Å². The average Bonchev–Trinajstić information content (AvgIpc) is 3.56. The second kappa shape index (κ2) is 13.3. The normalized spacial score (nSPS) is 18.5. The zero-order valence-electron chi connectivity index (χ0n) is 23.1. The Morgan fingerprint density at radius 3 is 2.44 bits per heavy atom. The van der Waals surface area contributed by atoms with Crippen LogP contribution in [0.4, 0.5) is 13.2 Å². The third-order valence-corrected chi connectivity index (χ3v) is 7.05. The second-order valence-corrected chi connectivity index (χ2v) is 10.6. The van der Waals surface area contributed by atoms with Gasteiger partial charge in [-0.2, -0.15) is 13.2 Å². The molecular formula is C28H31F3N6O6. The highest BCUT2D eigenvalue weighted by molar-refractivity contribution is 5.82. The minimum atomic E-state index is -4.45. The van der Waals surface area contributed by atoms with Gasteiger partial charge in [0.05, 0.1) is 25.3 Å². The number of benzene rings is 1. The van der Waals surface area contributed by atoms with Gasteiger partial charge >= 0.3 is 6.18 Å². The molecule has 6 rings (SSSR count). The van der Waals surface area contributed by atoms with Gasteiger partial charge in [0.2, 0.25) is 0 Å². The molecule has 3 aromatic heterocycles. The smallest absolute Gasteiger partial charge is 0.408 e. The van der Waals surface area contributed by atoms with Crippen LogP contribution < -0.4 is 10.5 Å². The minimum absolute atomic E-state index is 0.0107. The molecule has 2 saturated heterocycles. The lowest BCUT2D eigenvalue weighted by molar-refractivity contribution is -0.183. The molecule has 0 saturated carbocycles. The van der Waals surface area contributed by atoms with Gasteiger partial charge in [0, 0.05) is 42.2 Å². The Morgan fingerprint density at radius 1 is 1.14 bits per heavy atom. The molecular weight excluding hydrogens is 573 g/mol. The van der Waals surface area contributed by atoms with Gasteiger partial charge in [-0.25, -0.2) is 4.98 Å². The fourth-order valence-corrected chi connectivity index (χ4v) is 5.00. The first-order valence-corrected chi connectivity index (χ1v) is 13.2. The summed E-state index contributed by atoms with van der Waals surface area (Å²) in [5.74, 6) is 1.05. The van der Waals surface area contributed by atoms with Crippen LogP contribution in [-0.4, -0.2) is 92.8 Å². The molecule has 0 unspecified atom stereocenters. The Bertz CT molecular complexity index is 1560. The van der Waals surface area contributed by atoms with Crippen molar-refractivity contribution in [1.82, 2.24) is 24.5 Å². The van der Waals surface area contributed by atoms with Crippen LogP contribution in [0.2, 0.25) is 0 Å². The Balaban J connectivity index is 0.000000653. The zero-order valence-corrected chi connectivity index (χ0v) is 23.1. The molecule has 0 bridgehead atoms. The molecule has 5 heterocycles. The van der Waals surface area contributed by atoms with E-state index in [2.05, 4.69) is 17.1 Å². The summed E-state index contributed by atoms with van der Waals surface area (Å²) in [4.78, 5) is 22.9. The van der Waals surface area contributed by atoms with Gasteiger partial charge in [-0.1, -0.05) is 19.1 Å². The number of aromatic nitrogens is 4. The molecule has 15 heteroatoms. The first-order chi connectivity index (χ1) is 20.5. The number of hydrogen-bond acceptors (Lipinski definition) is 9. The summed E-state index contributed by atoms with van der Waals surface area (Å²) in [6.07, 6.45) is -2.46. The number of pyridine rings is 2. The van der Waals surface area contributed by atoms with E-state index in [9.17, 15) is 13.2 Å². The molecule has 2 aliphatic heterocycles. The molecule has 0 aliphatic carbocycles. The molecule has 43 heavy (non-hydrogen) atoms. The summed E-state index contributed by atoms with van der Waals surface area (Å²) in [7, 11) is 0. The van der Waals surface area contributed by atoms with Crippen molar-refractivity contribution in [2.75, 3.05) is 32.9 Å². The van der Waals surface area contributed by atoms with E-state index in [-0.39, 0.29) is 36.5 Å². The van der Waals surface area contributed by atoms with Gasteiger partial charge in [-0.3, -0.25) is 18.9 Å². The molecule has 1 aromatic carbocycles. The third-order valence-electron chi connectivity index (χ3n) is 7.05. The highest BCUT2D eigenvalue weighted by Crippen LogP contribution is 2.39. The van der Waals surface area contributed by atoms with E-state index in [4.69, 9.17) is 40.0 Å². The monoisotopic (exact) mass is 604 g/mol. The summed E-state index contributed by atoms with van der Waals surface area (Å²) < 4.78 is 55.3. The zero-order chi connectivity index (χ0) is 31.2. The van der Waals surface area contributed by atoms with E-state index in [1.54, 1.807) is 16.5 Å². The number of rotatable bonds is 6. The van der Waals surface area contributed by atoms with Crippen molar-refractivity contribution in [3.8, 4) is 17.3 Å². The van der Waals surface area contributed by atoms with E-state index in [1.807, 2.05) is 24.3 Å². The van der Waals surface area contributed by atoms with Crippen LogP contribution in [0, 0.1) is 5.41 Å². The summed E-state index contributed by atoms with van der Waals surface area (Å²) in [6.45, 7) is 3.98. The summed E-state index contributed by atoms with van der Waals surface area (Å²) in [5, 5.41) is 23.1. The molecule has 2 fully saturated rings. The standard InChI is InChI=1S/C26H27F3N6O2.2CH2O2/c1-25(13-36-14-25)15-37-19-5-2-16-3-6-20(31-21(16)10-19)24-33-32-22-7-4-17(11-35(22)24)23(26(27,28)29)34-9-8-18(30)12-34;2*2-1-3/h2-7,10-11,18,23H,8-9,12-15,30H2,1H3;2*1H,(H,2,3)/t18-,23+;;/m0../s1. The molecule has 0 amide bonds. The fourth-order valence-electron chi connectivity index (χ4n) is 5.00. The van der Waals surface area contributed by atoms with Gasteiger partial charge in [0.1, 0.15) is 17.5 Å². The minimum Gasteiger partial charge on any atom is -0.493 e. The lowest BCUT2D eigenvalue weighted by Crippen LogP contribution is -2.44. The molecule has 4 aromatic rings. The first kappa shape index (κ1) is 31.6. The quantitative estimate of drug-likeness (QED) is 0.276. The van der Waals surface area contributed by atoms with E-state index in [0.29, 0.717) is 61.2 Å². The second-order valence-electron chi connectivity index (χ2n) is 10.6. The number of carboxylic acid groups (broad SMARTS) is 2. The van der Waals surface area contributed by atoms with Crippen LogP contribution in [0.3, 0.4) is 0 Å². The van der Waals surface area contributed by atoms with Gasteiger partial charge in [0.25, 0.3) is 12.9 Å². The summed E-state index contributed by atoms with van der Waals surface area (Å²) in [6, 6.07) is 10.4. The van der Waals surface area contributed by atoms with Gasteiger partial charge in [0.15, 0.2) is 11.5 Å². The summed E-state index contributed by atoms with van der Waals surface area (Å²) >= 11 is 0. The van der Waals surface area contributed by atoms with Crippen LogP contribution in [0.5, 0.6) is 5.75 Å². The van der Waals surface area contributed by atoms with Gasteiger partial charge in [-0.15, -0.1) is 10.2 Å². The molecule has 0 spiro atoms. The molecule has 230 valence electrons. The van der Waals surface area contributed by atoms with Crippen molar-refractivity contribution >= 4 is 29.5 Å². The number of carbonyl (C=O) groups is 2. The van der Waals surface area contributed by atoms with E-state index in [1.165, 1.54) is 17.2 Å². The van der Waals surface area contributed by atoms with Crippen molar-refractivity contribution < 1.29 is 42.4 Å². The predicted molar refractivity (Wildman–Crippen MR) is 148 cm³/mol. The Morgan fingerprint density at radius 2 is 1.84 bits per heavy atom. The SMILES string of the molecule is CC1(COc2ccc3ccc(-c4nnc5ccc([C@@H](N6CC[C@H](N)C6)C(F)(F)F)cn45)nc3c2)COC1.O=CO.O=CO. The number of halogens is 3. The maximum absolute atomic E-state index is 14.2. The van der Waals surface area contributed by atoms with Crippen LogP contribution in [0.25, 0.3) is 28.1 Å². The van der Waals surface area contributed by atoms with Crippen molar-refractivity contribution in [3.05, 3.63) is 54.2 Å². The van der Waals surface area contributed by atoms with Crippen LogP contribution in [0.1, 0.15) is 24.9 Å². The largest absolute Gasteiger partial charge is 0.493 e. The molecule has 2 atom stereocenters. The number of ether oxygens (including phenoxy) is 2. The third kappa shape index (κ3) is 7.36. The van der Waals surface area contributed by atoms with E-state index >= 15 is 0 Å². The van der Waals surface area contributed by atoms with Crippen molar-refractivity contribution in [3.63, 3.8) is 0 Å².